The van der Waals surface area contributed by atoms with E-state index >= 15 is 0 Å². The van der Waals surface area contributed by atoms with Gasteiger partial charge in [-0.1, -0.05) is 0 Å². The summed E-state index contributed by atoms with van der Waals surface area (Å²) < 4.78 is 5.04. The summed E-state index contributed by atoms with van der Waals surface area (Å²) in [6.07, 6.45) is 1.57. The van der Waals surface area contributed by atoms with Crippen molar-refractivity contribution < 1.29 is 9.53 Å². The second kappa shape index (κ2) is 4.87. The Morgan fingerprint density at radius 3 is 2.83 bits per heavy atom. The number of amides is 1. The van der Waals surface area contributed by atoms with E-state index in [1.54, 1.807) is 18.3 Å². The SMILES string of the molecule is COc1ncccc1C(=O)Nc1n[nH]c(C)c1C. The van der Waals surface area contributed by atoms with Gasteiger partial charge in [0.1, 0.15) is 5.56 Å². The molecule has 0 unspecified atom stereocenters. The van der Waals surface area contributed by atoms with E-state index in [9.17, 15) is 4.79 Å². The lowest BCUT2D eigenvalue weighted by Gasteiger charge is -2.06. The summed E-state index contributed by atoms with van der Waals surface area (Å²) in [4.78, 5) is 16.0. The standard InChI is InChI=1S/C12H14N4O2/c1-7-8(2)15-16-10(7)14-11(17)9-5-4-6-13-12(9)18-3/h4-6H,1-3H3,(H2,14,15,16,17). The van der Waals surface area contributed by atoms with Gasteiger partial charge >= 0.3 is 0 Å². The molecule has 1 amide bonds. The van der Waals surface area contributed by atoms with Crippen molar-refractivity contribution >= 4 is 11.7 Å². The maximum atomic E-state index is 12.1. The van der Waals surface area contributed by atoms with Crippen molar-refractivity contribution in [3.05, 3.63) is 35.2 Å². The Kier molecular flexibility index (Phi) is 3.27. The van der Waals surface area contributed by atoms with E-state index in [1.165, 1.54) is 7.11 Å². The zero-order valence-electron chi connectivity index (χ0n) is 10.4. The van der Waals surface area contributed by atoms with Crippen LogP contribution in [0.1, 0.15) is 21.6 Å². The fourth-order valence-corrected chi connectivity index (χ4v) is 1.51. The number of pyridine rings is 1. The van der Waals surface area contributed by atoms with Crippen LogP contribution in [0.4, 0.5) is 5.82 Å². The van der Waals surface area contributed by atoms with Gasteiger partial charge in [-0.05, 0) is 26.0 Å². The number of aromatic amines is 1. The molecule has 0 spiro atoms. The van der Waals surface area contributed by atoms with Crippen molar-refractivity contribution in [2.75, 3.05) is 12.4 Å². The number of aromatic nitrogens is 3. The van der Waals surface area contributed by atoms with Gasteiger partial charge in [-0.2, -0.15) is 5.10 Å². The number of aryl methyl sites for hydroxylation is 1. The number of ether oxygens (including phenoxy) is 1. The number of carbonyl (C=O) groups excluding carboxylic acids is 1. The number of H-pyrrole nitrogens is 1. The molecular weight excluding hydrogens is 232 g/mol. The molecule has 0 aliphatic carbocycles. The number of anilines is 1. The van der Waals surface area contributed by atoms with Gasteiger partial charge in [0.05, 0.1) is 7.11 Å². The summed E-state index contributed by atoms with van der Waals surface area (Å²) >= 11 is 0. The van der Waals surface area contributed by atoms with Crippen LogP contribution in [0.2, 0.25) is 0 Å². The third-order valence-corrected chi connectivity index (χ3v) is 2.69. The molecule has 0 radical (unpaired) electrons. The van der Waals surface area contributed by atoms with Gasteiger partial charge in [0.25, 0.3) is 5.91 Å². The quantitative estimate of drug-likeness (QED) is 0.863. The number of hydrogen-bond acceptors (Lipinski definition) is 4. The van der Waals surface area contributed by atoms with Gasteiger partial charge in [0.2, 0.25) is 5.88 Å². The summed E-state index contributed by atoms with van der Waals surface area (Å²) in [6.45, 7) is 3.78. The van der Waals surface area contributed by atoms with Crippen molar-refractivity contribution in [1.29, 1.82) is 0 Å². The molecule has 0 bridgehead atoms. The highest BCUT2D eigenvalue weighted by Crippen LogP contribution is 2.18. The smallest absolute Gasteiger partial charge is 0.262 e. The molecule has 0 aromatic carbocycles. The van der Waals surface area contributed by atoms with Gasteiger partial charge in [-0.3, -0.25) is 9.89 Å². The highest BCUT2D eigenvalue weighted by molar-refractivity contribution is 6.05. The molecule has 18 heavy (non-hydrogen) atoms. The van der Waals surface area contributed by atoms with E-state index in [2.05, 4.69) is 20.5 Å². The predicted molar refractivity (Wildman–Crippen MR) is 66.8 cm³/mol. The van der Waals surface area contributed by atoms with E-state index in [1.807, 2.05) is 13.8 Å². The minimum Gasteiger partial charge on any atom is -0.480 e. The highest BCUT2D eigenvalue weighted by Gasteiger charge is 2.15. The van der Waals surface area contributed by atoms with Crippen molar-refractivity contribution in [1.82, 2.24) is 15.2 Å². The Balaban J connectivity index is 2.25. The van der Waals surface area contributed by atoms with E-state index < -0.39 is 0 Å². The zero-order valence-corrected chi connectivity index (χ0v) is 10.4. The minimum atomic E-state index is -0.297. The van der Waals surface area contributed by atoms with Gasteiger partial charge in [-0.25, -0.2) is 4.98 Å². The van der Waals surface area contributed by atoms with Crippen LogP contribution in [0.3, 0.4) is 0 Å². The van der Waals surface area contributed by atoms with Crippen LogP contribution in [-0.4, -0.2) is 28.2 Å². The first-order valence-corrected chi connectivity index (χ1v) is 5.45. The highest BCUT2D eigenvalue weighted by atomic mass is 16.5. The second-order valence-corrected chi connectivity index (χ2v) is 3.84. The van der Waals surface area contributed by atoms with E-state index in [-0.39, 0.29) is 5.91 Å². The Hall–Kier alpha value is -2.37. The first-order valence-electron chi connectivity index (χ1n) is 5.45. The summed E-state index contributed by atoms with van der Waals surface area (Å²) in [5.41, 5.74) is 2.20. The topological polar surface area (TPSA) is 79.9 Å². The fourth-order valence-electron chi connectivity index (χ4n) is 1.51. The Bertz CT molecular complexity index is 577. The number of nitrogens with one attached hydrogen (secondary N) is 2. The lowest BCUT2D eigenvalue weighted by molar-refractivity contribution is 0.102. The van der Waals surface area contributed by atoms with E-state index in [0.29, 0.717) is 17.3 Å². The Labute approximate surface area is 104 Å². The zero-order chi connectivity index (χ0) is 13.1. The van der Waals surface area contributed by atoms with Crippen molar-refractivity contribution in [3.8, 4) is 5.88 Å². The van der Waals surface area contributed by atoms with Gasteiger partial charge in [0.15, 0.2) is 5.82 Å². The van der Waals surface area contributed by atoms with E-state index in [0.717, 1.165) is 11.3 Å². The number of nitrogens with zero attached hydrogens (tertiary/aromatic N) is 2. The normalized spacial score (nSPS) is 10.2. The van der Waals surface area contributed by atoms with Crippen LogP contribution >= 0.6 is 0 Å². The predicted octanol–water partition coefficient (Wildman–Crippen LogP) is 1.68. The molecule has 0 atom stereocenters. The molecule has 2 aromatic rings. The molecule has 0 aliphatic heterocycles. The number of methoxy groups -OCH3 is 1. The van der Waals surface area contributed by atoms with Crippen LogP contribution in [0.25, 0.3) is 0 Å². The molecule has 94 valence electrons. The Morgan fingerprint density at radius 2 is 2.22 bits per heavy atom. The summed E-state index contributed by atoms with van der Waals surface area (Å²) in [5, 5.41) is 9.55. The first-order chi connectivity index (χ1) is 8.63. The van der Waals surface area contributed by atoms with Crippen LogP contribution in [-0.2, 0) is 0 Å². The first kappa shape index (κ1) is 12.1. The maximum absolute atomic E-state index is 12.1. The van der Waals surface area contributed by atoms with E-state index in [4.69, 9.17) is 4.74 Å². The van der Waals surface area contributed by atoms with Crippen molar-refractivity contribution in [2.24, 2.45) is 0 Å². The molecular formula is C12H14N4O2. The lowest BCUT2D eigenvalue weighted by atomic mass is 10.2. The second-order valence-electron chi connectivity index (χ2n) is 3.84. The Morgan fingerprint density at radius 1 is 1.44 bits per heavy atom. The van der Waals surface area contributed by atoms with Gasteiger partial charge < -0.3 is 10.1 Å². The van der Waals surface area contributed by atoms with Gasteiger partial charge in [0, 0.05) is 17.5 Å². The van der Waals surface area contributed by atoms with Crippen LogP contribution in [0, 0.1) is 13.8 Å². The molecule has 6 nitrogen and oxygen atoms in total. The average molecular weight is 246 g/mol. The summed E-state index contributed by atoms with van der Waals surface area (Å²) in [5.74, 6) is 0.512. The van der Waals surface area contributed by atoms with Crippen LogP contribution in [0.15, 0.2) is 18.3 Å². The van der Waals surface area contributed by atoms with Crippen molar-refractivity contribution in [3.63, 3.8) is 0 Å². The average Bonchev–Trinajstić information content (AvgIpc) is 2.70. The fraction of sp³-hybridized carbons (Fsp3) is 0.250. The molecule has 0 saturated carbocycles. The molecule has 0 saturated heterocycles. The third-order valence-electron chi connectivity index (χ3n) is 2.69. The van der Waals surface area contributed by atoms with Crippen LogP contribution in [0.5, 0.6) is 5.88 Å². The largest absolute Gasteiger partial charge is 0.480 e. The molecule has 2 rings (SSSR count). The minimum absolute atomic E-state index is 0.292. The number of rotatable bonds is 3. The third kappa shape index (κ3) is 2.17. The summed E-state index contributed by atoms with van der Waals surface area (Å²) in [7, 11) is 1.48. The molecule has 0 fully saturated rings. The summed E-state index contributed by atoms with van der Waals surface area (Å²) in [6, 6.07) is 3.33. The van der Waals surface area contributed by atoms with Gasteiger partial charge in [-0.15, -0.1) is 0 Å². The molecule has 2 aromatic heterocycles. The van der Waals surface area contributed by atoms with Crippen molar-refractivity contribution in [2.45, 2.75) is 13.8 Å². The molecule has 2 heterocycles. The maximum Gasteiger partial charge on any atom is 0.262 e. The lowest BCUT2D eigenvalue weighted by Crippen LogP contribution is -2.14. The monoisotopic (exact) mass is 246 g/mol. The molecule has 6 heteroatoms. The number of hydrogen-bond donors (Lipinski definition) is 2. The number of carbonyl (C=O) groups is 1. The van der Waals surface area contributed by atoms with Crippen LogP contribution < -0.4 is 10.1 Å². The molecule has 0 aliphatic rings. The molecule has 2 N–H and O–H groups in total.